The molecule has 0 aliphatic carbocycles. The number of piperidine rings is 1. The van der Waals surface area contributed by atoms with Crippen molar-refractivity contribution < 1.29 is 4.79 Å². The average Bonchev–Trinajstić information content (AvgIpc) is 2.19. The molecule has 0 aromatic rings. The minimum Gasteiger partial charge on any atom is -0.300 e. The van der Waals surface area contributed by atoms with Crippen molar-refractivity contribution in [3.63, 3.8) is 0 Å². The molecule has 1 amide bonds. The van der Waals surface area contributed by atoms with Crippen molar-refractivity contribution in [1.82, 2.24) is 10.3 Å². The summed E-state index contributed by atoms with van der Waals surface area (Å²) in [5, 5.41) is 0. The van der Waals surface area contributed by atoms with Crippen molar-refractivity contribution in [3.8, 4) is 0 Å². The molecule has 0 saturated carbocycles. The van der Waals surface area contributed by atoms with Crippen LogP contribution in [0.4, 0.5) is 0 Å². The van der Waals surface area contributed by atoms with Crippen molar-refractivity contribution in [2.24, 2.45) is 5.84 Å². The third-order valence-electron chi connectivity index (χ3n) is 2.22. The molecule has 1 saturated heterocycles. The van der Waals surface area contributed by atoms with Gasteiger partial charge < -0.3 is 0 Å². The standard InChI is InChI=1S/C9H17N3O/c10-11-9(13)5-4-8-12-6-2-1-3-7-12/h4-5H,1-3,6-8,10H2,(H,11,13). The van der Waals surface area contributed by atoms with E-state index in [2.05, 4.69) is 10.3 Å². The molecule has 0 bridgehead atoms. The van der Waals surface area contributed by atoms with Crippen molar-refractivity contribution in [2.75, 3.05) is 19.6 Å². The Bertz CT molecular complexity index is 185. The Balaban J connectivity index is 2.16. The molecule has 1 aliphatic heterocycles. The smallest absolute Gasteiger partial charge is 0.257 e. The Morgan fingerprint density at radius 3 is 2.69 bits per heavy atom. The van der Waals surface area contributed by atoms with E-state index >= 15 is 0 Å². The number of nitrogens with two attached hydrogens (primary N) is 1. The van der Waals surface area contributed by atoms with Gasteiger partial charge in [-0.3, -0.25) is 15.1 Å². The van der Waals surface area contributed by atoms with Crippen LogP contribution >= 0.6 is 0 Å². The fourth-order valence-electron chi connectivity index (χ4n) is 1.50. The second kappa shape index (κ2) is 5.72. The van der Waals surface area contributed by atoms with Gasteiger partial charge in [0.1, 0.15) is 0 Å². The first kappa shape index (κ1) is 10.2. The fraction of sp³-hybridized carbons (Fsp3) is 0.667. The van der Waals surface area contributed by atoms with Gasteiger partial charge in [0, 0.05) is 12.6 Å². The van der Waals surface area contributed by atoms with Crippen molar-refractivity contribution in [1.29, 1.82) is 0 Å². The summed E-state index contributed by atoms with van der Waals surface area (Å²) in [6, 6.07) is 0. The number of hydrogen-bond acceptors (Lipinski definition) is 3. The lowest BCUT2D eigenvalue weighted by Crippen LogP contribution is -2.31. The number of hydrogen-bond donors (Lipinski definition) is 2. The summed E-state index contributed by atoms with van der Waals surface area (Å²) >= 11 is 0. The third kappa shape index (κ3) is 4.05. The van der Waals surface area contributed by atoms with E-state index in [-0.39, 0.29) is 5.91 Å². The fourth-order valence-corrected chi connectivity index (χ4v) is 1.50. The normalized spacial score (nSPS) is 19.2. The number of carbonyl (C=O) groups is 1. The maximum absolute atomic E-state index is 10.7. The minimum absolute atomic E-state index is 0.239. The number of carbonyl (C=O) groups excluding carboxylic acids is 1. The van der Waals surface area contributed by atoms with Gasteiger partial charge in [-0.1, -0.05) is 12.5 Å². The second-order valence-electron chi connectivity index (χ2n) is 3.27. The van der Waals surface area contributed by atoms with Gasteiger partial charge >= 0.3 is 0 Å². The highest BCUT2D eigenvalue weighted by molar-refractivity contribution is 5.86. The van der Waals surface area contributed by atoms with E-state index in [1.54, 1.807) is 0 Å². The van der Waals surface area contributed by atoms with E-state index in [1.807, 2.05) is 6.08 Å². The van der Waals surface area contributed by atoms with E-state index in [0.717, 1.165) is 19.6 Å². The summed E-state index contributed by atoms with van der Waals surface area (Å²) < 4.78 is 0. The summed E-state index contributed by atoms with van der Waals surface area (Å²) in [5.74, 6) is 4.69. The van der Waals surface area contributed by atoms with E-state index < -0.39 is 0 Å². The van der Waals surface area contributed by atoms with Crippen molar-refractivity contribution in [3.05, 3.63) is 12.2 Å². The molecular formula is C9H17N3O. The molecule has 13 heavy (non-hydrogen) atoms. The predicted octanol–water partition coefficient (Wildman–Crippen LogP) is 0.0184. The number of nitrogens with zero attached hydrogens (tertiary/aromatic N) is 1. The van der Waals surface area contributed by atoms with Gasteiger partial charge in [-0.25, -0.2) is 5.84 Å². The molecule has 1 aliphatic rings. The van der Waals surface area contributed by atoms with Crippen LogP contribution in [0.5, 0.6) is 0 Å². The average molecular weight is 183 g/mol. The van der Waals surface area contributed by atoms with Crippen LogP contribution in [0.1, 0.15) is 19.3 Å². The molecule has 3 N–H and O–H groups in total. The maximum Gasteiger partial charge on any atom is 0.257 e. The Kier molecular flexibility index (Phi) is 4.49. The summed E-state index contributed by atoms with van der Waals surface area (Å²) in [6.45, 7) is 3.15. The first-order valence-electron chi connectivity index (χ1n) is 4.72. The summed E-state index contributed by atoms with van der Waals surface area (Å²) in [5.41, 5.74) is 2.06. The quantitative estimate of drug-likeness (QED) is 0.281. The molecule has 0 aromatic carbocycles. The van der Waals surface area contributed by atoms with Gasteiger partial charge in [0.25, 0.3) is 5.91 Å². The van der Waals surface area contributed by atoms with Crippen LogP contribution in [-0.2, 0) is 4.79 Å². The van der Waals surface area contributed by atoms with E-state index in [9.17, 15) is 4.79 Å². The highest BCUT2D eigenvalue weighted by Gasteiger charge is 2.07. The van der Waals surface area contributed by atoms with Gasteiger partial charge in [0.2, 0.25) is 0 Å². The lowest BCUT2D eigenvalue weighted by molar-refractivity contribution is -0.116. The van der Waals surface area contributed by atoms with Gasteiger partial charge in [-0.15, -0.1) is 0 Å². The van der Waals surface area contributed by atoms with Crippen LogP contribution < -0.4 is 11.3 Å². The van der Waals surface area contributed by atoms with E-state index in [4.69, 9.17) is 5.84 Å². The van der Waals surface area contributed by atoms with Gasteiger partial charge in [-0.05, 0) is 25.9 Å². The first-order chi connectivity index (χ1) is 6.33. The summed E-state index contributed by atoms with van der Waals surface area (Å²) in [4.78, 5) is 13.0. The molecule has 4 nitrogen and oxygen atoms in total. The number of amides is 1. The van der Waals surface area contributed by atoms with E-state index in [1.165, 1.54) is 25.3 Å². The predicted molar refractivity (Wildman–Crippen MR) is 51.8 cm³/mol. The SMILES string of the molecule is NNC(=O)C=CCN1CCCCC1. The molecule has 0 aromatic heterocycles. The van der Waals surface area contributed by atoms with Gasteiger partial charge in [0.15, 0.2) is 0 Å². The number of nitrogens with one attached hydrogen (secondary N) is 1. The Labute approximate surface area is 78.7 Å². The molecule has 1 fully saturated rings. The van der Waals surface area contributed by atoms with Gasteiger partial charge in [0.05, 0.1) is 0 Å². The third-order valence-corrected chi connectivity index (χ3v) is 2.22. The van der Waals surface area contributed by atoms with Crippen LogP contribution in [0.3, 0.4) is 0 Å². The zero-order chi connectivity index (χ0) is 9.52. The van der Waals surface area contributed by atoms with Crippen LogP contribution in [0.25, 0.3) is 0 Å². The van der Waals surface area contributed by atoms with Crippen LogP contribution in [-0.4, -0.2) is 30.4 Å². The topological polar surface area (TPSA) is 58.4 Å². The number of likely N-dealkylation sites (tertiary alicyclic amines) is 1. The largest absolute Gasteiger partial charge is 0.300 e. The molecule has 74 valence electrons. The van der Waals surface area contributed by atoms with Crippen molar-refractivity contribution >= 4 is 5.91 Å². The molecule has 0 atom stereocenters. The molecule has 0 spiro atoms. The zero-order valence-electron chi connectivity index (χ0n) is 7.83. The Morgan fingerprint density at radius 2 is 2.08 bits per heavy atom. The minimum atomic E-state index is -0.239. The molecule has 0 unspecified atom stereocenters. The first-order valence-corrected chi connectivity index (χ1v) is 4.72. The number of rotatable bonds is 3. The van der Waals surface area contributed by atoms with Crippen LogP contribution in [0.2, 0.25) is 0 Å². The summed E-state index contributed by atoms with van der Waals surface area (Å²) in [7, 11) is 0. The van der Waals surface area contributed by atoms with Gasteiger partial charge in [-0.2, -0.15) is 0 Å². The second-order valence-corrected chi connectivity index (χ2v) is 3.27. The maximum atomic E-state index is 10.7. The molecule has 4 heteroatoms. The Hall–Kier alpha value is -0.870. The summed E-state index contributed by atoms with van der Waals surface area (Å²) in [6.07, 6.45) is 7.22. The number of hydrazine groups is 1. The van der Waals surface area contributed by atoms with Crippen molar-refractivity contribution in [2.45, 2.75) is 19.3 Å². The molecular weight excluding hydrogens is 166 g/mol. The monoisotopic (exact) mass is 183 g/mol. The Morgan fingerprint density at radius 1 is 1.38 bits per heavy atom. The lowest BCUT2D eigenvalue weighted by atomic mass is 10.1. The van der Waals surface area contributed by atoms with Crippen LogP contribution in [0, 0.1) is 0 Å². The highest BCUT2D eigenvalue weighted by Crippen LogP contribution is 2.07. The zero-order valence-corrected chi connectivity index (χ0v) is 7.83. The van der Waals surface area contributed by atoms with Crippen LogP contribution in [0.15, 0.2) is 12.2 Å². The highest BCUT2D eigenvalue weighted by atomic mass is 16.2. The van der Waals surface area contributed by atoms with E-state index in [0.29, 0.717) is 0 Å². The lowest BCUT2D eigenvalue weighted by Gasteiger charge is -2.24. The molecule has 1 rings (SSSR count). The molecule has 0 radical (unpaired) electrons. The molecule has 1 heterocycles.